The van der Waals surface area contributed by atoms with Crippen LogP contribution in [0.5, 0.6) is 0 Å². The first-order chi connectivity index (χ1) is 15.4. The predicted octanol–water partition coefficient (Wildman–Crippen LogP) is 3.41. The number of halogens is 6. The Labute approximate surface area is 182 Å². The molecule has 0 aliphatic heterocycles. The number of alkyl halides is 6. The molecule has 0 unspecified atom stereocenters. The Kier molecular flexibility index (Phi) is 6.89. The van der Waals surface area contributed by atoms with Gasteiger partial charge in [0, 0.05) is 18.5 Å². The van der Waals surface area contributed by atoms with Gasteiger partial charge in [0.25, 0.3) is 5.91 Å². The van der Waals surface area contributed by atoms with Gasteiger partial charge in [-0.15, -0.1) is 0 Å². The second-order valence-corrected chi connectivity index (χ2v) is 7.06. The Bertz CT molecular complexity index is 1110. The van der Waals surface area contributed by atoms with E-state index < -0.39 is 30.6 Å². The number of imidazole rings is 1. The number of aromatic nitrogens is 3. The molecule has 13 heteroatoms. The zero-order chi connectivity index (χ0) is 24.2. The number of nitrogens with one attached hydrogen (secondary N) is 2. The van der Waals surface area contributed by atoms with Gasteiger partial charge in [0.15, 0.2) is 11.6 Å². The van der Waals surface area contributed by atoms with E-state index >= 15 is 0 Å². The molecule has 2 N–H and O–H groups in total. The minimum Gasteiger partial charge on any atom is -0.352 e. The van der Waals surface area contributed by atoms with Gasteiger partial charge in [-0.25, -0.2) is 9.50 Å². The second-order valence-electron chi connectivity index (χ2n) is 7.06. The smallest absolute Gasteiger partial charge is 0.352 e. The SMILES string of the molecule is O=C(CC(C(F)(F)F)C(F)(F)F)NCc1cnn2cc(CNC(=O)c3ccccc3)nc2c1. The van der Waals surface area contributed by atoms with Crippen molar-refractivity contribution in [3.05, 3.63) is 65.6 Å². The van der Waals surface area contributed by atoms with Gasteiger partial charge in [0.2, 0.25) is 5.91 Å². The highest BCUT2D eigenvalue weighted by molar-refractivity contribution is 5.94. The molecule has 0 bridgehead atoms. The lowest BCUT2D eigenvalue weighted by Crippen LogP contribution is -2.40. The number of carbonyl (C=O) groups is 2. The monoisotopic (exact) mass is 473 g/mol. The minimum absolute atomic E-state index is 0.0967. The average Bonchev–Trinajstić information content (AvgIpc) is 3.15. The number of carbonyl (C=O) groups excluding carboxylic acids is 2. The zero-order valence-electron chi connectivity index (χ0n) is 16.7. The van der Waals surface area contributed by atoms with Crippen LogP contribution in [-0.2, 0) is 17.9 Å². The molecular formula is C20H17F6N5O2. The number of fused-ring (bicyclic) bond motifs is 1. The largest absolute Gasteiger partial charge is 0.400 e. The Hall–Kier alpha value is -3.64. The van der Waals surface area contributed by atoms with E-state index in [1.54, 1.807) is 36.5 Å². The molecular weight excluding hydrogens is 456 g/mol. The van der Waals surface area contributed by atoms with Gasteiger partial charge in [-0.1, -0.05) is 18.2 Å². The van der Waals surface area contributed by atoms with E-state index in [9.17, 15) is 35.9 Å². The Morgan fingerprint density at radius 1 is 0.970 bits per heavy atom. The lowest BCUT2D eigenvalue weighted by atomic mass is 10.0. The summed E-state index contributed by atoms with van der Waals surface area (Å²) in [5.74, 6) is -5.45. The van der Waals surface area contributed by atoms with Crippen molar-refractivity contribution in [1.29, 1.82) is 0 Å². The molecule has 0 aliphatic carbocycles. The molecule has 0 saturated heterocycles. The standard InChI is InChI=1S/C20H17F6N5O2/c21-19(22,23)15(20(24,25)26)7-17(32)27-8-12-6-16-30-14(11-31(16)29-9-12)10-28-18(33)13-4-2-1-3-5-13/h1-6,9,11,15H,7-8,10H2,(H,27,32)(H,28,33). The summed E-state index contributed by atoms with van der Waals surface area (Å²) in [4.78, 5) is 28.0. The van der Waals surface area contributed by atoms with Gasteiger partial charge in [0.05, 0.1) is 24.6 Å². The van der Waals surface area contributed by atoms with Gasteiger partial charge >= 0.3 is 12.4 Å². The lowest BCUT2D eigenvalue weighted by Gasteiger charge is -2.22. The van der Waals surface area contributed by atoms with Crippen molar-refractivity contribution < 1.29 is 35.9 Å². The molecule has 3 rings (SSSR count). The van der Waals surface area contributed by atoms with Crippen molar-refractivity contribution in [1.82, 2.24) is 25.2 Å². The summed E-state index contributed by atoms with van der Waals surface area (Å²) in [5.41, 5.74) is 1.56. The zero-order valence-corrected chi connectivity index (χ0v) is 16.7. The maximum Gasteiger partial charge on any atom is 0.400 e. The average molecular weight is 473 g/mol. The van der Waals surface area contributed by atoms with Crippen LogP contribution in [0, 0.1) is 5.92 Å². The third-order valence-electron chi connectivity index (χ3n) is 4.56. The first-order valence-electron chi connectivity index (χ1n) is 9.50. The first kappa shape index (κ1) is 24.0. The van der Waals surface area contributed by atoms with Crippen LogP contribution < -0.4 is 10.6 Å². The highest BCUT2D eigenvalue weighted by atomic mass is 19.4. The number of amides is 2. The third kappa shape index (κ3) is 6.43. The van der Waals surface area contributed by atoms with Crippen molar-refractivity contribution in [2.24, 2.45) is 5.92 Å². The third-order valence-corrected chi connectivity index (χ3v) is 4.56. The topological polar surface area (TPSA) is 88.4 Å². The number of hydrogen-bond donors (Lipinski definition) is 2. The van der Waals surface area contributed by atoms with Gasteiger partial charge in [0.1, 0.15) is 0 Å². The maximum atomic E-state index is 12.6. The second kappa shape index (κ2) is 9.46. The van der Waals surface area contributed by atoms with E-state index in [1.165, 1.54) is 16.8 Å². The Balaban J connectivity index is 1.59. The van der Waals surface area contributed by atoms with Gasteiger partial charge in [-0.2, -0.15) is 31.4 Å². The van der Waals surface area contributed by atoms with Crippen molar-refractivity contribution in [2.45, 2.75) is 31.9 Å². The fraction of sp³-hybridized carbons (Fsp3) is 0.300. The summed E-state index contributed by atoms with van der Waals surface area (Å²) >= 11 is 0. The van der Waals surface area contributed by atoms with E-state index in [1.807, 2.05) is 5.32 Å². The van der Waals surface area contributed by atoms with Gasteiger partial charge in [-0.3, -0.25) is 9.59 Å². The van der Waals surface area contributed by atoms with E-state index in [2.05, 4.69) is 15.4 Å². The highest BCUT2D eigenvalue weighted by Gasteiger charge is 2.57. The molecule has 0 aliphatic rings. The summed E-state index contributed by atoms with van der Waals surface area (Å²) in [7, 11) is 0. The van der Waals surface area contributed by atoms with Crippen LogP contribution in [0.2, 0.25) is 0 Å². The van der Waals surface area contributed by atoms with E-state index in [0.29, 0.717) is 22.5 Å². The highest BCUT2D eigenvalue weighted by Crippen LogP contribution is 2.41. The minimum atomic E-state index is -5.59. The van der Waals surface area contributed by atoms with Gasteiger partial charge in [-0.05, 0) is 23.8 Å². The Morgan fingerprint density at radius 3 is 2.27 bits per heavy atom. The van der Waals surface area contributed by atoms with E-state index in [4.69, 9.17) is 0 Å². The fourth-order valence-corrected chi connectivity index (χ4v) is 2.88. The molecule has 7 nitrogen and oxygen atoms in total. The lowest BCUT2D eigenvalue weighted by molar-refractivity contribution is -0.284. The molecule has 176 valence electrons. The number of rotatable bonds is 7. The predicted molar refractivity (Wildman–Crippen MR) is 103 cm³/mol. The molecule has 0 saturated carbocycles. The molecule has 0 spiro atoms. The molecule has 2 heterocycles. The molecule has 0 radical (unpaired) electrons. The number of benzene rings is 1. The van der Waals surface area contributed by atoms with Crippen LogP contribution in [-0.4, -0.2) is 38.8 Å². The molecule has 0 fully saturated rings. The van der Waals surface area contributed by atoms with Crippen LogP contribution in [0.15, 0.2) is 48.8 Å². The van der Waals surface area contributed by atoms with Crippen LogP contribution in [0.4, 0.5) is 26.3 Å². The summed E-state index contributed by atoms with van der Waals surface area (Å²) in [6.45, 7) is -0.239. The molecule has 33 heavy (non-hydrogen) atoms. The summed E-state index contributed by atoms with van der Waals surface area (Å²) in [6.07, 6.45) is -10.1. The maximum absolute atomic E-state index is 12.6. The molecule has 3 aromatic rings. The van der Waals surface area contributed by atoms with Crippen molar-refractivity contribution in [3.8, 4) is 0 Å². The summed E-state index contributed by atoms with van der Waals surface area (Å²) in [5, 5.41) is 8.76. The van der Waals surface area contributed by atoms with Crippen LogP contribution in [0.3, 0.4) is 0 Å². The quantitative estimate of drug-likeness (QED) is 0.515. The van der Waals surface area contributed by atoms with E-state index in [0.717, 1.165) is 0 Å². The van der Waals surface area contributed by atoms with Crippen molar-refractivity contribution in [2.75, 3.05) is 0 Å². The fourth-order valence-electron chi connectivity index (χ4n) is 2.88. The van der Waals surface area contributed by atoms with Crippen molar-refractivity contribution >= 4 is 17.5 Å². The number of hydrogen-bond acceptors (Lipinski definition) is 4. The van der Waals surface area contributed by atoms with Crippen molar-refractivity contribution in [3.63, 3.8) is 0 Å². The van der Waals surface area contributed by atoms with Crippen LogP contribution in [0.25, 0.3) is 5.65 Å². The van der Waals surface area contributed by atoms with Gasteiger partial charge < -0.3 is 10.6 Å². The molecule has 0 atom stereocenters. The molecule has 2 aromatic heterocycles. The van der Waals surface area contributed by atoms with E-state index in [-0.39, 0.29) is 19.0 Å². The van der Waals surface area contributed by atoms with Crippen LogP contribution >= 0.6 is 0 Å². The molecule has 1 aromatic carbocycles. The summed E-state index contributed by atoms with van der Waals surface area (Å²) in [6, 6.07) is 9.96. The molecule has 2 amide bonds. The number of nitrogens with zero attached hydrogens (tertiary/aromatic N) is 3. The Morgan fingerprint density at radius 2 is 1.64 bits per heavy atom. The normalized spacial score (nSPS) is 12.2. The first-order valence-corrected chi connectivity index (χ1v) is 9.50. The summed E-state index contributed by atoms with van der Waals surface area (Å²) < 4.78 is 76.8. The van der Waals surface area contributed by atoms with Crippen LogP contribution in [0.1, 0.15) is 28.0 Å².